The molecule has 0 fully saturated rings. The fraction of sp³-hybridized carbons (Fsp3) is 0.156. The Hall–Kier alpha value is -4.23. The highest BCUT2D eigenvalue weighted by molar-refractivity contribution is 9.10. The Balaban J connectivity index is 1.67. The van der Waals surface area contributed by atoms with E-state index >= 15 is 0 Å². The van der Waals surface area contributed by atoms with Gasteiger partial charge in [0.05, 0.1) is 28.3 Å². The van der Waals surface area contributed by atoms with Gasteiger partial charge in [0.25, 0.3) is 5.56 Å². The van der Waals surface area contributed by atoms with Crippen LogP contribution >= 0.6 is 15.9 Å². The third-order valence-corrected chi connectivity index (χ3v) is 7.50. The molecule has 0 saturated heterocycles. The monoisotopic (exact) mass is 580 g/mol. The van der Waals surface area contributed by atoms with Gasteiger partial charge < -0.3 is 10.2 Å². The van der Waals surface area contributed by atoms with Crippen molar-refractivity contribution in [1.82, 2.24) is 14.5 Å². The summed E-state index contributed by atoms with van der Waals surface area (Å²) in [7, 11) is 0. The number of hydrogen-bond donors (Lipinski definition) is 1. The molecule has 0 saturated carbocycles. The molecule has 196 valence electrons. The summed E-state index contributed by atoms with van der Waals surface area (Å²) in [5.41, 5.74) is 4.85. The van der Waals surface area contributed by atoms with Gasteiger partial charge in [0.1, 0.15) is 5.82 Å². The number of carbonyl (C=O) groups excluding carboxylic acids is 1. The van der Waals surface area contributed by atoms with Gasteiger partial charge in [-0.1, -0.05) is 72.3 Å². The summed E-state index contributed by atoms with van der Waals surface area (Å²) >= 11 is 3.52. The summed E-state index contributed by atoms with van der Waals surface area (Å²) in [6.07, 6.45) is 0. The van der Waals surface area contributed by atoms with Gasteiger partial charge in [-0.25, -0.2) is 9.78 Å². The topological polar surface area (TPSA) is 67.2 Å². The Bertz CT molecular complexity index is 1720. The maximum absolute atomic E-state index is 14.0. The maximum atomic E-state index is 14.0. The zero-order valence-electron chi connectivity index (χ0n) is 22.1. The molecule has 0 aliphatic rings. The number of aryl methyl sites for hydroxylation is 2. The number of aromatic nitrogens is 2. The van der Waals surface area contributed by atoms with Gasteiger partial charge in [-0.2, -0.15) is 0 Å². The first-order valence-electron chi connectivity index (χ1n) is 12.8. The predicted octanol–water partition coefficient (Wildman–Crippen LogP) is 7.56. The van der Waals surface area contributed by atoms with Gasteiger partial charge in [-0.3, -0.25) is 9.36 Å². The van der Waals surface area contributed by atoms with Gasteiger partial charge >= 0.3 is 6.03 Å². The van der Waals surface area contributed by atoms with E-state index in [9.17, 15) is 9.59 Å². The van der Waals surface area contributed by atoms with E-state index < -0.39 is 6.04 Å². The van der Waals surface area contributed by atoms with E-state index in [2.05, 4.69) is 21.2 Å². The number of rotatable bonds is 6. The molecule has 5 rings (SSSR count). The summed E-state index contributed by atoms with van der Waals surface area (Å²) in [5, 5.41) is 3.56. The van der Waals surface area contributed by atoms with Crippen molar-refractivity contribution >= 4 is 38.6 Å². The van der Waals surface area contributed by atoms with Crippen LogP contribution in [0, 0.1) is 13.8 Å². The number of hydrogen-bond acceptors (Lipinski definition) is 3. The van der Waals surface area contributed by atoms with Crippen LogP contribution in [-0.2, 0) is 6.54 Å². The number of nitrogens with zero attached hydrogens (tertiary/aromatic N) is 3. The van der Waals surface area contributed by atoms with Crippen LogP contribution in [-0.4, -0.2) is 20.5 Å². The number of carbonyl (C=O) groups is 1. The molecule has 4 aromatic carbocycles. The minimum absolute atomic E-state index is 0.166. The quantitative estimate of drug-likeness (QED) is 0.225. The third kappa shape index (κ3) is 5.49. The van der Waals surface area contributed by atoms with E-state index in [-0.39, 0.29) is 11.6 Å². The van der Waals surface area contributed by atoms with Crippen molar-refractivity contribution in [1.29, 1.82) is 0 Å². The van der Waals surface area contributed by atoms with Crippen LogP contribution in [0.4, 0.5) is 10.5 Å². The van der Waals surface area contributed by atoms with E-state index in [1.807, 2.05) is 112 Å². The lowest BCUT2D eigenvalue weighted by atomic mass is 10.1. The average molecular weight is 582 g/mol. The van der Waals surface area contributed by atoms with Crippen molar-refractivity contribution in [2.75, 3.05) is 5.32 Å². The number of urea groups is 1. The number of amides is 2. The molecule has 0 bridgehead atoms. The molecular weight excluding hydrogens is 552 g/mol. The molecule has 5 aromatic rings. The molecule has 1 heterocycles. The average Bonchev–Trinajstić information content (AvgIpc) is 2.94. The minimum atomic E-state index is -0.550. The number of fused-ring (bicyclic) bond motifs is 1. The fourth-order valence-electron chi connectivity index (χ4n) is 4.77. The van der Waals surface area contributed by atoms with Crippen LogP contribution < -0.4 is 10.9 Å². The van der Waals surface area contributed by atoms with Crippen molar-refractivity contribution in [3.8, 4) is 5.69 Å². The zero-order chi connectivity index (χ0) is 27.5. The molecule has 1 aromatic heterocycles. The van der Waals surface area contributed by atoms with Crippen molar-refractivity contribution < 1.29 is 4.79 Å². The van der Waals surface area contributed by atoms with E-state index in [1.165, 1.54) is 0 Å². The van der Waals surface area contributed by atoms with Crippen LogP contribution in [0.5, 0.6) is 0 Å². The summed E-state index contributed by atoms with van der Waals surface area (Å²) < 4.78 is 2.44. The number of para-hydroxylation sites is 2. The van der Waals surface area contributed by atoms with Gasteiger partial charge in [-0.15, -0.1) is 0 Å². The molecule has 0 spiro atoms. The minimum Gasteiger partial charge on any atom is -0.310 e. The highest BCUT2D eigenvalue weighted by Gasteiger charge is 2.28. The Morgan fingerprint density at radius 1 is 0.949 bits per heavy atom. The summed E-state index contributed by atoms with van der Waals surface area (Å²) in [4.78, 5) is 34.5. The van der Waals surface area contributed by atoms with Gasteiger partial charge in [0, 0.05) is 11.0 Å². The van der Waals surface area contributed by atoms with Crippen molar-refractivity contribution in [2.24, 2.45) is 0 Å². The van der Waals surface area contributed by atoms with E-state index in [4.69, 9.17) is 4.98 Å². The van der Waals surface area contributed by atoms with Crippen LogP contribution in [0.2, 0.25) is 0 Å². The Labute approximate surface area is 236 Å². The highest BCUT2D eigenvalue weighted by Crippen LogP contribution is 2.28. The van der Waals surface area contributed by atoms with E-state index in [0.717, 1.165) is 26.9 Å². The molecule has 1 N–H and O–H groups in total. The lowest BCUT2D eigenvalue weighted by Crippen LogP contribution is -2.39. The summed E-state index contributed by atoms with van der Waals surface area (Å²) in [6.45, 7) is 6.25. The Kier molecular flexibility index (Phi) is 7.61. The third-order valence-electron chi connectivity index (χ3n) is 6.81. The van der Waals surface area contributed by atoms with Gasteiger partial charge in [0.2, 0.25) is 0 Å². The number of halogens is 1. The van der Waals surface area contributed by atoms with Crippen LogP contribution in [0.15, 0.2) is 106 Å². The first-order chi connectivity index (χ1) is 18.8. The summed E-state index contributed by atoms with van der Waals surface area (Å²) in [6, 6.07) is 29.8. The number of nitrogens with one attached hydrogen (secondary N) is 1. The first-order valence-corrected chi connectivity index (χ1v) is 13.6. The molecule has 39 heavy (non-hydrogen) atoms. The normalized spacial score (nSPS) is 11.8. The molecule has 1 atom stereocenters. The van der Waals surface area contributed by atoms with Crippen molar-refractivity contribution in [2.45, 2.75) is 33.4 Å². The first kappa shape index (κ1) is 26.4. The predicted molar refractivity (Wildman–Crippen MR) is 160 cm³/mol. The SMILES string of the molecule is Cc1ccc(-n2c(C(C)N(Cc3ccccc3)C(=O)Nc3ccccc3Br)nc3ccccc3c2=O)c(C)c1. The molecule has 0 aliphatic heterocycles. The molecule has 0 aliphatic carbocycles. The second kappa shape index (κ2) is 11.3. The number of anilines is 1. The Morgan fingerprint density at radius 2 is 1.64 bits per heavy atom. The molecule has 7 heteroatoms. The maximum Gasteiger partial charge on any atom is 0.322 e. The van der Waals surface area contributed by atoms with Crippen LogP contribution in [0.1, 0.15) is 35.5 Å². The van der Waals surface area contributed by atoms with Gasteiger partial charge in [-0.05, 0) is 78.2 Å². The van der Waals surface area contributed by atoms with Crippen LogP contribution in [0.25, 0.3) is 16.6 Å². The highest BCUT2D eigenvalue weighted by atomic mass is 79.9. The molecule has 1 unspecified atom stereocenters. The second-order valence-corrected chi connectivity index (χ2v) is 10.5. The standard InChI is InChI=1S/C32H29BrN4O2/c1-21-17-18-29(22(2)19-21)37-30(34-27-15-9-7-13-25(27)31(37)38)23(3)36(20-24-11-5-4-6-12-24)32(39)35-28-16-10-8-14-26(28)33/h4-19,23H,20H2,1-3H3,(H,35,39). The summed E-state index contributed by atoms with van der Waals surface area (Å²) in [5.74, 6) is 0.490. The van der Waals surface area contributed by atoms with Crippen molar-refractivity contribution in [3.63, 3.8) is 0 Å². The number of benzene rings is 4. The molecular formula is C32H29BrN4O2. The molecule has 6 nitrogen and oxygen atoms in total. The molecule has 2 amide bonds. The lowest BCUT2D eigenvalue weighted by molar-refractivity contribution is 0.185. The largest absolute Gasteiger partial charge is 0.322 e. The smallest absolute Gasteiger partial charge is 0.310 e. The van der Waals surface area contributed by atoms with Crippen LogP contribution in [0.3, 0.4) is 0 Å². The van der Waals surface area contributed by atoms with Crippen molar-refractivity contribution in [3.05, 3.63) is 134 Å². The molecule has 0 radical (unpaired) electrons. The lowest BCUT2D eigenvalue weighted by Gasteiger charge is -2.31. The van der Waals surface area contributed by atoms with Gasteiger partial charge in [0.15, 0.2) is 0 Å². The van der Waals surface area contributed by atoms with E-state index in [0.29, 0.717) is 29.0 Å². The Morgan fingerprint density at radius 3 is 2.38 bits per heavy atom. The fourth-order valence-corrected chi connectivity index (χ4v) is 5.16. The second-order valence-electron chi connectivity index (χ2n) is 9.62. The zero-order valence-corrected chi connectivity index (χ0v) is 23.6. The van der Waals surface area contributed by atoms with E-state index in [1.54, 1.807) is 15.5 Å².